The van der Waals surface area contributed by atoms with Crippen molar-refractivity contribution < 1.29 is 28.8 Å². The fourth-order valence-corrected chi connectivity index (χ4v) is 3.95. The number of aryl methyl sites for hydroxylation is 1. The Morgan fingerprint density at radius 2 is 1.88 bits per heavy atom. The molecule has 2 aliphatic rings. The Balaban J connectivity index is 0.000000346. The number of ether oxygens (including phenoxy) is 4. The zero-order valence-electron chi connectivity index (χ0n) is 18.5. The molecule has 0 amide bonds. The van der Waals surface area contributed by atoms with E-state index in [9.17, 15) is 9.90 Å². The van der Waals surface area contributed by atoms with Gasteiger partial charge in [-0.3, -0.25) is 4.90 Å². The first kappa shape index (κ1) is 21.9. The SMILES string of the molecule is C1CN2CC2O1.COc1ccccc1-c1c(C(=O)O)c(OC)nc2cc(C)cc(OC)c12. The molecule has 1 N–H and O–H groups in total. The van der Waals surface area contributed by atoms with Crippen LogP contribution in [-0.2, 0) is 4.74 Å². The lowest BCUT2D eigenvalue weighted by Gasteiger charge is -2.18. The number of pyridine rings is 1. The van der Waals surface area contributed by atoms with Crippen molar-refractivity contribution in [3.63, 3.8) is 0 Å². The van der Waals surface area contributed by atoms with Crippen LogP contribution in [0.4, 0.5) is 0 Å². The maximum atomic E-state index is 12.1. The van der Waals surface area contributed by atoms with Gasteiger partial charge in [-0.1, -0.05) is 18.2 Å². The molecule has 2 aliphatic heterocycles. The van der Waals surface area contributed by atoms with Crippen molar-refractivity contribution >= 4 is 16.9 Å². The van der Waals surface area contributed by atoms with Crippen molar-refractivity contribution in [3.8, 4) is 28.5 Å². The number of rotatable bonds is 5. The molecule has 8 heteroatoms. The van der Waals surface area contributed by atoms with Crippen molar-refractivity contribution in [2.75, 3.05) is 41.0 Å². The number of methoxy groups -OCH3 is 3. The number of aromatic carboxylic acids is 1. The molecule has 2 aromatic carbocycles. The summed E-state index contributed by atoms with van der Waals surface area (Å²) < 4.78 is 21.4. The summed E-state index contributed by atoms with van der Waals surface area (Å²) in [7, 11) is 4.49. The highest BCUT2D eigenvalue weighted by Gasteiger charge is 2.39. The van der Waals surface area contributed by atoms with Crippen LogP contribution >= 0.6 is 0 Å². The molecule has 2 unspecified atom stereocenters. The van der Waals surface area contributed by atoms with E-state index in [4.69, 9.17) is 18.9 Å². The Hall–Kier alpha value is -3.36. The van der Waals surface area contributed by atoms with Crippen molar-refractivity contribution in [1.82, 2.24) is 9.88 Å². The fourth-order valence-electron chi connectivity index (χ4n) is 3.95. The van der Waals surface area contributed by atoms with E-state index in [0.29, 0.717) is 39.8 Å². The van der Waals surface area contributed by atoms with Crippen LogP contribution in [0.1, 0.15) is 15.9 Å². The van der Waals surface area contributed by atoms with Gasteiger partial charge in [0.2, 0.25) is 5.88 Å². The van der Waals surface area contributed by atoms with E-state index >= 15 is 0 Å². The summed E-state index contributed by atoms with van der Waals surface area (Å²) in [4.78, 5) is 18.8. The Labute approximate surface area is 186 Å². The lowest BCUT2D eigenvalue weighted by Crippen LogP contribution is -2.07. The van der Waals surface area contributed by atoms with E-state index in [1.165, 1.54) is 20.2 Å². The molecule has 3 heterocycles. The van der Waals surface area contributed by atoms with Gasteiger partial charge < -0.3 is 24.1 Å². The average Bonchev–Trinajstić information content (AvgIpc) is 3.41. The Morgan fingerprint density at radius 1 is 1.12 bits per heavy atom. The fraction of sp³-hybridized carbons (Fsp3) is 0.333. The number of fused-ring (bicyclic) bond motifs is 2. The van der Waals surface area contributed by atoms with Gasteiger partial charge in [0.15, 0.2) is 0 Å². The highest BCUT2D eigenvalue weighted by molar-refractivity contribution is 6.11. The molecule has 0 aliphatic carbocycles. The minimum Gasteiger partial charge on any atom is -0.496 e. The van der Waals surface area contributed by atoms with Crippen molar-refractivity contribution in [2.24, 2.45) is 0 Å². The van der Waals surface area contributed by atoms with Crippen LogP contribution in [-0.4, -0.2) is 68.2 Å². The molecule has 168 valence electrons. The zero-order chi connectivity index (χ0) is 22.8. The quantitative estimate of drug-likeness (QED) is 0.605. The minimum atomic E-state index is -1.14. The van der Waals surface area contributed by atoms with Crippen molar-refractivity contribution in [1.29, 1.82) is 0 Å². The first-order valence-corrected chi connectivity index (χ1v) is 10.3. The molecular weight excluding hydrogens is 412 g/mol. The number of nitrogens with zero attached hydrogens (tertiary/aromatic N) is 2. The van der Waals surface area contributed by atoms with Gasteiger partial charge >= 0.3 is 5.97 Å². The van der Waals surface area contributed by atoms with Crippen LogP contribution in [0.5, 0.6) is 17.4 Å². The third-order valence-corrected chi connectivity index (χ3v) is 5.52. The third-order valence-electron chi connectivity index (χ3n) is 5.52. The normalized spacial score (nSPS) is 18.4. The monoisotopic (exact) mass is 438 g/mol. The van der Waals surface area contributed by atoms with Gasteiger partial charge in [0.05, 0.1) is 38.8 Å². The van der Waals surface area contributed by atoms with Crippen LogP contribution in [0.3, 0.4) is 0 Å². The number of carboxylic acids is 1. The number of benzene rings is 2. The molecule has 2 fully saturated rings. The highest BCUT2D eigenvalue weighted by atomic mass is 16.5. The number of carboxylic acid groups (broad SMARTS) is 1. The van der Waals surface area contributed by atoms with Gasteiger partial charge in [-0.25, -0.2) is 9.78 Å². The molecule has 1 aromatic heterocycles. The largest absolute Gasteiger partial charge is 0.496 e. The van der Waals surface area contributed by atoms with Gasteiger partial charge in [0.1, 0.15) is 23.3 Å². The molecule has 0 spiro atoms. The number of morpholine rings is 1. The lowest BCUT2D eigenvalue weighted by molar-refractivity contribution is 0.0693. The summed E-state index contributed by atoms with van der Waals surface area (Å²) in [6.07, 6.45) is 0.546. The average molecular weight is 438 g/mol. The second kappa shape index (κ2) is 9.02. The van der Waals surface area contributed by atoms with E-state index in [1.54, 1.807) is 26.4 Å². The highest BCUT2D eigenvalue weighted by Crippen LogP contribution is 2.44. The summed E-state index contributed by atoms with van der Waals surface area (Å²) in [6.45, 7) is 5.25. The molecule has 3 aromatic rings. The Bertz CT molecular complexity index is 1150. The van der Waals surface area contributed by atoms with Gasteiger partial charge in [-0.05, 0) is 30.7 Å². The number of carbonyl (C=O) groups is 1. The summed E-state index contributed by atoms with van der Waals surface area (Å²) >= 11 is 0. The minimum absolute atomic E-state index is 0.0355. The van der Waals surface area contributed by atoms with E-state index in [2.05, 4.69) is 9.88 Å². The van der Waals surface area contributed by atoms with Gasteiger partial charge in [0.25, 0.3) is 0 Å². The number of aromatic nitrogens is 1. The molecule has 5 rings (SSSR count). The zero-order valence-corrected chi connectivity index (χ0v) is 18.5. The maximum absolute atomic E-state index is 12.1. The van der Waals surface area contributed by atoms with Crippen LogP contribution < -0.4 is 14.2 Å². The molecular formula is C24H26N2O6. The summed E-state index contributed by atoms with van der Waals surface area (Å²) in [5.74, 6) is -0.0101. The van der Waals surface area contributed by atoms with E-state index in [1.807, 2.05) is 31.2 Å². The van der Waals surface area contributed by atoms with Crippen LogP contribution in [0.25, 0.3) is 22.0 Å². The van der Waals surface area contributed by atoms with Crippen LogP contribution in [0.2, 0.25) is 0 Å². The maximum Gasteiger partial charge on any atom is 0.341 e. The van der Waals surface area contributed by atoms with Crippen LogP contribution in [0, 0.1) is 6.92 Å². The number of hydrogen-bond acceptors (Lipinski definition) is 7. The van der Waals surface area contributed by atoms with E-state index in [-0.39, 0.29) is 11.4 Å². The van der Waals surface area contributed by atoms with Gasteiger partial charge in [-0.15, -0.1) is 0 Å². The molecule has 0 saturated carbocycles. The Morgan fingerprint density at radius 3 is 2.41 bits per heavy atom. The molecule has 0 bridgehead atoms. The van der Waals surface area contributed by atoms with E-state index < -0.39 is 5.97 Å². The number of hydrogen-bond donors (Lipinski definition) is 1. The second-order valence-corrected chi connectivity index (χ2v) is 7.56. The van der Waals surface area contributed by atoms with Gasteiger partial charge in [-0.2, -0.15) is 0 Å². The first-order chi connectivity index (χ1) is 15.5. The van der Waals surface area contributed by atoms with E-state index in [0.717, 1.165) is 12.2 Å². The molecule has 2 saturated heterocycles. The number of para-hydroxylation sites is 1. The van der Waals surface area contributed by atoms with Crippen LogP contribution in [0.15, 0.2) is 36.4 Å². The summed E-state index contributed by atoms with van der Waals surface area (Å²) in [5.41, 5.74) is 2.57. The third kappa shape index (κ3) is 4.06. The second-order valence-electron chi connectivity index (χ2n) is 7.56. The predicted octanol–water partition coefficient (Wildman–Crippen LogP) is 3.59. The molecule has 0 radical (unpaired) electrons. The topological polar surface area (TPSA) is 90.1 Å². The molecule has 2 atom stereocenters. The molecule has 32 heavy (non-hydrogen) atoms. The standard InChI is InChI=1S/C20H19NO5.C4H7NO/c1-11-9-13-17(15(10-11)25-3)16(12-7-5-6-8-14(12)24-2)18(20(22)23)19(21-13)26-4;1-2-6-4-3-5(1)4/h5-10H,1-4H3,(H,22,23);4H,1-3H2. The Kier molecular flexibility index (Phi) is 6.16. The first-order valence-electron chi connectivity index (χ1n) is 10.3. The molecule has 8 nitrogen and oxygen atoms in total. The predicted molar refractivity (Wildman–Crippen MR) is 120 cm³/mol. The summed E-state index contributed by atoms with van der Waals surface area (Å²) in [6, 6.07) is 10.9. The summed E-state index contributed by atoms with van der Waals surface area (Å²) in [5, 5.41) is 10.5. The lowest BCUT2D eigenvalue weighted by atomic mass is 9.94. The van der Waals surface area contributed by atoms with Crippen molar-refractivity contribution in [3.05, 3.63) is 47.5 Å². The van der Waals surface area contributed by atoms with Crippen molar-refractivity contribution in [2.45, 2.75) is 13.2 Å². The smallest absolute Gasteiger partial charge is 0.341 e. The van der Waals surface area contributed by atoms with Gasteiger partial charge in [0, 0.05) is 24.2 Å².